The third kappa shape index (κ3) is 6.13. The van der Waals surface area contributed by atoms with Gasteiger partial charge in [-0.3, -0.25) is 18.5 Å². The van der Waals surface area contributed by atoms with Gasteiger partial charge in [-0.05, 0) is 43.0 Å². The van der Waals surface area contributed by atoms with Crippen LogP contribution < -0.4 is 0 Å². The Morgan fingerprint density at radius 2 is 2.00 bits per heavy atom. The van der Waals surface area contributed by atoms with Gasteiger partial charge in [-0.25, -0.2) is 4.21 Å². The maximum atomic E-state index is 13.2. The van der Waals surface area contributed by atoms with Gasteiger partial charge in [0.25, 0.3) is 5.91 Å². The number of aromatic nitrogens is 1. The van der Waals surface area contributed by atoms with E-state index in [2.05, 4.69) is 16.6 Å². The molecule has 1 aliphatic rings. The molecule has 1 aromatic heterocycles. The molecule has 2 unspecified atom stereocenters. The SMILES string of the molecule is CCC(CCOC)N1CCc2c(c3cc(C(=O)N(C)CCCC(=O)OC)ccc3n2S(=O)CC)C1. The fourth-order valence-electron chi connectivity index (χ4n) is 4.93. The summed E-state index contributed by atoms with van der Waals surface area (Å²) >= 11 is 0. The standard InChI is InChI=1S/C26H39N3O5S/c1-6-20(13-16-33-4)28-15-12-24-22(18-28)21-17-19(10-11-23(21)29(24)35(32)7-2)26(31)27(3)14-8-9-25(30)34-5/h10-11,17,20H,6-9,12-16,18H2,1-5H3. The van der Waals surface area contributed by atoms with Crippen molar-refractivity contribution >= 4 is 33.8 Å². The van der Waals surface area contributed by atoms with Crippen molar-refractivity contribution < 1.29 is 23.3 Å². The molecular weight excluding hydrogens is 466 g/mol. The molecule has 2 heterocycles. The molecule has 1 aromatic carbocycles. The van der Waals surface area contributed by atoms with Gasteiger partial charge >= 0.3 is 5.97 Å². The average Bonchev–Trinajstić information content (AvgIpc) is 3.21. The number of fused-ring (bicyclic) bond motifs is 3. The number of carbonyl (C=O) groups is 2. The van der Waals surface area contributed by atoms with Crippen molar-refractivity contribution in [2.75, 3.05) is 46.7 Å². The van der Waals surface area contributed by atoms with Gasteiger partial charge in [-0.15, -0.1) is 0 Å². The Bertz CT molecular complexity index is 1070. The van der Waals surface area contributed by atoms with Gasteiger partial charge in [0, 0.05) is 81.7 Å². The summed E-state index contributed by atoms with van der Waals surface area (Å²) in [6.45, 7) is 7.02. The summed E-state index contributed by atoms with van der Waals surface area (Å²) in [7, 11) is 3.70. The number of hydrogen-bond acceptors (Lipinski definition) is 6. The predicted octanol–water partition coefficient (Wildman–Crippen LogP) is 3.37. The van der Waals surface area contributed by atoms with E-state index in [1.165, 1.54) is 12.7 Å². The number of rotatable bonds is 12. The number of ether oxygens (including phenoxy) is 2. The van der Waals surface area contributed by atoms with Gasteiger partial charge in [0.05, 0.1) is 12.6 Å². The Labute approximate surface area is 211 Å². The molecule has 0 radical (unpaired) electrons. The fraction of sp³-hybridized carbons (Fsp3) is 0.615. The normalized spacial score (nSPS) is 15.6. The number of methoxy groups -OCH3 is 2. The molecule has 0 saturated heterocycles. The molecular formula is C26H39N3O5S. The lowest BCUT2D eigenvalue weighted by atomic mass is 9.99. The highest BCUT2D eigenvalue weighted by Crippen LogP contribution is 2.34. The maximum absolute atomic E-state index is 13.2. The van der Waals surface area contributed by atoms with Crippen LogP contribution in [0.5, 0.6) is 0 Å². The van der Waals surface area contributed by atoms with Gasteiger partial charge < -0.3 is 14.4 Å². The van der Waals surface area contributed by atoms with E-state index < -0.39 is 11.0 Å². The Kier molecular flexibility index (Phi) is 9.89. The maximum Gasteiger partial charge on any atom is 0.305 e. The number of benzene rings is 1. The van der Waals surface area contributed by atoms with E-state index in [-0.39, 0.29) is 18.3 Å². The zero-order valence-corrected chi connectivity index (χ0v) is 22.5. The van der Waals surface area contributed by atoms with Crippen molar-refractivity contribution in [1.82, 2.24) is 13.8 Å². The van der Waals surface area contributed by atoms with Crippen LogP contribution in [0, 0.1) is 0 Å². The second-order valence-corrected chi connectivity index (χ2v) is 10.6. The summed E-state index contributed by atoms with van der Waals surface area (Å²) in [4.78, 5) is 28.7. The highest BCUT2D eigenvalue weighted by molar-refractivity contribution is 7.83. The number of nitrogens with zero attached hydrogens (tertiary/aromatic N) is 3. The molecule has 8 nitrogen and oxygen atoms in total. The molecule has 0 fully saturated rings. The summed E-state index contributed by atoms with van der Waals surface area (Å²) < 4.78 is 25.0. The van der Waals surface area contributed by atoms with Gasteiger partial charge in [-0.2, -0.15) is 0 Å². The predicted molar refractivity (Wildman–Crippen MR) is 139 cm³/mol. The van der Waals surface area contributed by atoms with Crippen LogP contribution in [-0.2, 0) is 38.2 Å². The van der Waals surface area contributed by atoms with Crippen molar-refractivity contribution in [2.45, 2.75) is 58.5 Å². The van der Waals surface area contributed by atoms with E-state index in [4.69, 9.17) is 4.74 Å². The third-order valence-corrected chi connectivity index (χ3v) is 8.24. The van der Waals surface area contributed by atoms with E-state index in [9.17, 15) is 13.8 Å². The average molecular weight is 506 g/mol. The second-order valence-electron chi connectivity index (χ2n) is 9.03. The third-order valence-electron chi connectivity index (χ3n) is 6.92. The van der Waals surface area contributed by atoms with Gasteiger partial charge in [-0.1, -0.05) is 13.8 Å². The van der Waals surface area contributed by atoms with Crippen molar-refractivity contribution in [2.24, 2.45) is 0 Å². The molecule has 35 heavy (non-hydrogen) atoms. The van der Waals surface area contributed by atoms with E-state index in [0.29, 0.717) is 30.3 Å². The number of carbonyl (C=O) groups excluding carboxylic acids is 2. The Balaban J connectivity index is 1.93. The van der Waals surface area contributed by atoms with Crippen LogP contribution in [0.25, 0.3) is 10.9 Å². The van der Waals surface area contributed by atoms with E-state index in [0.717, 1.165) is 55.6 Å². The highest BCUT2D eigenvalue weighted by Gasteiger charge is 2.29. The zero-order chi connectivity index (χ0) is 25.5. The van der Waals surface area contributed by atoms with Crippen molar-refractivity contribution in [1.29, 1.82) is 0 Å². The van der Waals surface area contributed by atoms with Crippen LogP contribution in [0.1, 0.15) is 61.1 Å². The number of esters is 1. The van der Waals surface area contributed by atoms with Crippen LogP contribution in [-0.4, -0.2) is 82.6 Å². The van der Waals surface area contributed by atoms with Crippen LogP contribution in [0.15, 0.2) is 18.2 Å². The summed E-state index contributed by atoms with van der Waals surface area (Å²) in [6.07, 6.45) is 3.67. The topological polar surface area (TPSA) is 81.1 Å². The lowest BCUT2D eigenvalue weighted by Crippen LogP contribution is -2.40. The van der Waals surface area contributed by atoms with Crippen LogP contribution in [0.4, 0.5) is 0 Å². The smallest absolute Gasteiger partial charge is 0.305 e. The molecule has 1 aliphatic heterocycles. The lowest BCUT2D eigenvalue weighted by molar-refractivity contribution is -0.140. The van der Waals surface area contributed by atoms with Crippen molar-refractivity contribution in [3.05, 3.63) is 35.0 Å². The van der Waals surface area contributed by atoms with Gasteiger partial charge in [0.2, 0.25) is 0 Å². The minimum atomic E-state index is -1.15. The minimum absolute atomic E-state index is 0.0888. The molecule has 0 saturated carbocycles. The molecule has 194 valence electrons. The summed E-state index contributed by atoms with van der Waals surface area (Å²) in [6, 6.07) is 6.13. The minimum Gasteiger partial charge on any atom is -0.469 e. The first-order valence-electron chi connectivity index (χ1n) is 12.5. The number of amides is 1. The molecule has 0 bridgehead atoms. The first-order chi connectivity index (χ1) is 16.9. The van der Waals surface area contributed by atoms with E-state index in [1.807, 2.05) is 29.1 Å². The Morgan fingerprint density at radius 3 is 2.66 bits per heavy atom. The molecule has 2 aromatic rings. The van der Waals surface area contributed by atoms with Crippen molar-refractivity contribution in [3.63, 3.8) is 0 Å². The molecule has 1 amide bonds. The van der Waals surface area contributed by atoms with Crippen LogP contribution in [0.3, 0.4) is 0 Å². The summed E-state index contributed by atoms with van der Waals surface area (Å²) in [5, 5.41) is 1.00. The van der Waals surface area contributed by atoms with Crippen LogP contribution in [0.2, 0.25) is 0 Å². The van der Waals surface area contributed by atoms with Gasteiger partial charge in [0.15, 0.2) is 0 Å². The van der Waals surface area contributed by atoms with Crippen LogP contribution >= 0.6 is 0 Å². The first-order valence-corrected chi connectivity index (χ1v) is 13.7. The Hall–Kier alpha value is -2.23. The lowest BCUT2D eigenvalue weighted by Gasteiger charge is -2.34. The zero-order valence-electron chi connectivity index (χ0n) is 21.7. The highest BCUT2D eigenvalue weighted by atomic mass is 32.2. The monoisotopic (exact) mass is 505 g/mol. The van der Waals surface area contributed by atoms with E-state index >= 15 is 0 Å². The van der Waals surface area contributed by atoms with Crippen molar-refractivity contribution in [3.8, 4) is 0 Å². The summed E-state index contributed by atoms with van der Waals surface area (Å²) in [5.41, 5.74) is 3.82. The van der Waals surface area contributed by atoms with E-state index in [1.54, 1.807) is 19.1 Å². The largest absolute Gasteiger partial charge is 0.469 e. The van der Waals surface area contributed by atoms with Gasteiger partial charge in [0.1, 0.15) is 11.0 Å². The quantitative estimate of drug-likeness (QED) is 0.412. The fourth-order valence-corrected chi connectivity index (χ4v) is 6.01. The summed E-state index contributed by atoms with van der Waals surface area (Å²) in [5.74, 6) is 0.174. The Morgan fingerprint density at radius 1 is 1.23 bits per heavy atom. The second kappa shape index (κ2) is 12.6. The first kappa shape index (κ1) is 27.4. The molecule has 0 N–H and O–H groups in total. The molecule has 0 aliphatic carbocycles. The molecule has 9 heteroatoms. The number of hydrogen-bond donors (Lipinski definition) is 0. The molecule has 2 atom stereocenters. The molecule has 0 spiro atoms. The molecule has 3 rings (SSSR count).